The molecule has 0 aliphatic carbocycles. The summed E-state index contributed by atoms with van der Waals surface area (Å²) in [6, 6.07) is 8.71. The van der Waals surface area contributed by atoms with Crippen LogP contribution in [-0.2, 0) is 11.0 Å². The van der Waals surface area contributed by atoms with Crippen LogP contribution in [0, 0.1) is 0 Å². The number of ether oxygens (including phenoxy) is 3. The minimum absolute atomic E-state index is 0.178. The minimum atomic E-state index is -4.38. The molecule has 9 heteroatoms. The molecule has 1 fully saturated rings. The summed E-state index contributed by atoms with van der Waals surface area (Å²) in [5.41, 5.74) is 0.525. The summed E-state index contributed by atoms with van der Waals surface area (Å²) in [5, 5.41) is 0. The van der Waals surface area contributed by atoms with Crippen LogP contribution in [0.2, 0.25) is 0 Å². The number of alkyl halides is 3. The predicted molar refractivity (Wildman–Crippen MR) is 115 cm³/mol. The van der Waals surface area contributed by atoms with Crippen LogP contribution in [0.1, 0.15) is 11.1 Å². The van der Waals surface area contributed by atoms with E-state index in [1.165, 1.54) is 33.5 Å². The van der Waals surface area contributed by atoms with Crippen molar-refractivity contribution in [3.63, 3.8) is 0 Å². The Morgan fingerprint density at radius 2 is 1.56 bits per heavy atom. The van der Waals surface area contributed by atoms with Gasteiger partial charge in [-0.15, -0.1) is 0 Å². The Hall–Kier alpha value is -3.36. The first kappa shape index (κ1) is 23.3. The van der Waals surface area contributed by atoms with Gasteiger partial charge in [0, 0.05) is 37.9 Å². The molecule has 32 heavy (non-hydrogen) atoms. The van der Waals surface area contributed by atoms with Crippen molar-refractivity contribution in [1.29, 1.82) is 0 Å². The van der Waals surface area contributed by atoms with Crippen molar-refractivity contribution in [2.24, 2.45) is 0 Å². The number of amides is 1. The molecule has 1 saturated heterocycles. The van der Waals surface area contributed by atoms with Crippen LogP contribution >= 0.6 is 0 Å². The molecular weight excluding hydrogens is 425 g/mol. The maximum atomic E-state index is 13.0. The molecule has 172 valence electrons. The third-order valence-electron chi connectivity index (χ3n) is 5.24. The quantitative estimate of drug-likeness (QED) is 0.621. The fourth-order valence-electron chi connectivity index (χ4n) is 3.53. The second-order valence-electron chi connectivity index (χ2n) is 7.15. The third kappa shape index (κ3) is 5.27. The van der Waals surface area contributed by atoms with E-state index < -0.39 is 11.7 Å². The first-order valence-corrected chi connectivity index (χ1v) is 9.96. The Bertz CT molecular complexity index is 958. The minimum Gasteiger partial charge on any atom is -0.493 e. The van der Waals surface area contributed by atoms with Gasteiger partial charge in [-0.25, -0.2) is 0 Å². The Balaban J connectivity index is 1.64. The average Bonchev–Trinajstić information content (AvgIpc) is 2.81. The normalized spacial score (nSPS) is 14.6. The fourth-order valence-corrected chi connectivity index (χ4v) is 3.53. The van der Waals surface area contributed by atoms with Gasteiger partial charge in [-0.1, -0.05) is 6.07 Å². The van der Waals surface area contributed by atoms with Crippen molar-refractivity contribution in [2.75, 3.05) is 52.4 Å². The average molecular weight is 450 g/mol. The van der Waals surface area contributed by atoms with Crippen molar-refractivity contribution in [3.8, 4) is 17.2 Å². The number of benzene rings is 2. The second-order valence-corrected chi connectivity index (χ2v) is 7.15. The van der Waals surface area contributed by atoms with E-state index in [0.29, 0.717) is 54.7 Å². The summed E-state index contributed by atoms with van der Waals surface area (Å²) >= 11 is 0. The topological polar surface area (TPSA) is 51.2 Å². The second kappa shape index (κ2) is 9.84. The standard InChI is InChI=1S/C23H25F3N2O4/c1-30-19-13-16(14-20(31-2)22(19)32-3)7-8-21(29)28-11-9-27(10-12-28)18-6-4-5-17(15-18)23(24,25)26/h4-8,13-15H,9-12H2,1-3H3/b8-7+. The zero-order valence-corrected chi connectivity index (χ0v) is 18.1. The van der Waals surface area contributed by atoms with E-state index in [-0.39, 0.29) is 5.91 Å². The van der Waals surface area contributed by atoms with Crippen LogP contribution in [0.5, 0.6) is 17.2 Å². The van der Waals surface area contributed by atoms with Crippen molar-refractivity contribution in [3.05, 3.63) is 53.6 Å². The van der Waals surface area contributed by atoms with E-state index in [1.54, 1.807) is 29.2 Å². The number of carbonyl (C=O) groups is 1. The molecule has 0 atom stereocenters. The van der Waals surface area contributed by atoms with E-state index in [0.717, 1.165) is 12.1 Å². The zero-order valence-electron chi connectivity index (χ0n) is 18.1. The van der Waals surface area contributed by atoms with Crippen molar-refractivity contribution >= 4 is 17.7 Å². The molecule has 1 aliphatic heterocycles. The van der Waals surface area contributed by atoms with Gasteiger partial charge in [-0.2, -0.15) is 13.2 Å². The maximum Gasteiger partial charge on any atom is 0.416 e. The number of carbonyl (C=O) groups excluding carboxylic acids is 1. The summed E-state index contributed by atoms with van der Waals surface area (Å²) in [4.78, 5) is 16.1. The highest BCUT2D eigenvalue weighted by Crippen LogP contribution is 2.38. The molecule has 6 nitrogen and oxygen atoms in total. The predicted octanol–water partition coefficient (Wildman–Crippen LogP) is 4.09. The van der Waals surface area contributed by atoms with Crippen LogP contribution in [0.15, 0.2) is 42.5 Å². The molecule has 2 aromatic carbocycles. The molecule has 1 amide bonds. The fraction of sp³-hybridized carbons (Fsp3) is 0.348. The Kier molecular flexibility index (Phi) is 7.17. The molecule has 0 saturated carbocycles. The number of hydrogen-bond donors (Lipinski definition) is 0. The van der Waals surface area contributed by atoms with Crippen molar-refractivity contribution in [2.45, 2.75) is 6.18 Å². The van der Waals surface area contributed by atoms with Gasteiger partial charge < -0.3 is 24.0 Å². The lowest BCUT2D eigenvalue weighted by atomic mass is 10.1. The van der Waals surface area contributed by atoms with E-state index in [9.17, 15) is 18.0 Å². The molecule has 1 aliphatic rings. The Morgan fingerprint density at radius 3 is 2.09 bits per heavy atom. The summed E-state index contributed by atoms with van der Waals surface area (Å²) in [6.07, 6.45) is -1.27. The number of anilines is 1. The van der Waals surface area contributed by atoms with E-state index >= 15 is 0 Å². The van der Waals surface area contributed by atoms with Gasteiger partial charge in [0.25, 0.3) is 0 Å². The molecule has 0 spiro atoms. The highest BCUT2D eigenvalue weighted by Gasteiger charge is 2.31. The van der Waals surface area contributed by atoms with Gasteiger partial charge in [0.15, 0.2) is 11.5 Å². The molecular formula is C23H25F3N2O4. The van der Waals surface area contributed by atoms with Crippen LogP contribution < -0.4 is 19.1 Å². The van der Waals surface area contributed by atoms with Gasteiger partial charge in [0.1, 0.15) is 0 Å². The molecule has 0 bridgehead atoms. The van der Waals surface area contributed by atoms with Crippen molar-refractivity contribution in [1.82, 2.24) is 4.90 Å². The number of piperazine rings is 1. The molecule has 0 radical (unpaired) electrons. The lowest BCUT2D eigenvalue weighted by molar-refractivity contribution is -0.137. The van der Waals surface area contributed by atoms with Gasteiger partial charge in [0.05, 0.1) is 26.9 Å². The number of hydrogen-bond acceptors (Lipinski definition) is 5. The number of rotatable bonds is 6. The van der Waals surface area contributed by atoms with E-state index in [1.807, 2.05) is 4.90 Å². The largest absolute Gasteiger partial charge is 0.493 e. The molecule has 0 unspecified atom stereocenters. The van der Waals surface area contributed by atoms with Gasteiger partial charge in [-0.3, -0.25) is 4.79 Å². The first-order chi connectivity index (χ1) is 15.3. The summed E-state index contributed by atoms with van der Waals surface area (Å²) < 4.78 is 54.8. The van der Waals surface area contributed by atoms with E-state index in [2.05, 4.69) is 0 Å². The summed E-state index contributed by atoms with van der Waals surface area (Å²) in [7, 11) is 4.54. The first-order valence-electron chi connectivity index (χ1n) is 9.96. The number of nitrogens with zero attached hydrogens (tertiary/aromatic N) is 2. The third-order valence-corrected chi connectivity index (χ3v) is 5.24. The SMILES string of the molecule is COc1cc(/C=C/C(=O)N2CCN(c3cccc(C(F)(F)F)c3)CC2)cc(OC)c1OC. The van der Waals surface area contributed by atoms with Crippen LogP contribution in [0.4, 0.5) is 18.9 Å². The smallest absolute Gasteiger partial charge is 0.416 e. The number of methoxy groups -OCH3 is 3. The van der Waals surface area contributed by atoms with Gasteiger partial charge in [-0.05, 0) is 42.0 Å². The number of halogens is 3. The van der Waals surface area contributed by atoms with Crippen LogP contribution in [-0.4, -0.2) is 58.3 Å². The lowest BCUT2D eigenvalue weighted by Crippen LogP contribution is -2.48. The molecule has 3 rings (SSSR count). The van der Waals surface area contributed by atoms with Gasteiger partial charge >= 0.3 is 6.18 Å². The monoisotopic (exact) mass is 450 g/mol. The summed E-state index contributed by atoms with van der Waals surface area (Å²) in [6.45, 7) is 1.72. The highest BCUT2D eigenvalue weighted by atomic mass is 19.4. The zero-order chi connectivity index (χ0) is 23.3. The van der Waals surface area contributed by atoms with Gasteiger partial charge in [0.2, 0.25) is 11.7 Å². The van der Waals surface area contributed by atoms with Crippen LogP contribution in [0.3, 0.4) is 0 Å². The van der Waals surface area contributed by atoms with Crippen molar-refractivity contribution < 1.29 is 32.2 Å². The lowest BCUT2D eigenvalue weighted by Gasteiger charge is -2.35. The molecule has 0 aromatic heterocycles. The molecule has 2 aromatic rings. The Labute approximate surface area is 184 Å². The Morgan fingerprint density at radius 1 is 0.938 bits per heavy atom. The molecule has 0 N–H and O–H groups in total. The molecule has 1 heterocycles. The maximum absolute atomic E-state index is 13.0. The van der Waals surface area contributed by atoms with E-state index in [4.69, 9.17) is 14.2 Å². The highest BCUT2D eigenvalue weighted by molar-refractivity contribution is 5.92. The summed E-state index contributed by atoms with van der Waals surface area (Å²) in [5.74, 6) is 1.24. The van der Waals surface area contributed by atoms with Crippen LogP contribution in [0.25, 0.3) is 6.08 Å².